The van der Waals surface area contributed by atoms with Crippen molar-refractivity contribution in [2.45, 2.75) is 35.4 Å². The number of benzene rings is 1. The number of piperidine rings is 1. The smallest absolute Gasteiger partial charge is 0.286 e. The average Bonchev–Trinajstić information content (AvgIpc) is 2.86. The van der Waals surface area contributed by atoms with Crippen LogP contribution in [-0.2, 0) is 21.2 Å². The molecule has 0 saturated carbocycles. The summed E-state index contributed by atoms with van der Waals surface area (Å²) in [5, 5.41) is 1.45. The Hall–Kier alpha value is -1.42. The predicted molar refractivity (Wildman–Crippen MR) is 91.0 cm³/mol. The second-order valence-corrected chi connectivity index (χ2v) is 9.09. The topological polar surface area (TPSA) is 110 Å². The molecule has 0 bridgehead atoms. The minimum atomic E-state index is -3.51. The number of nitrogens with one attached hydrogen (secondary N) is 1. The highest BCUT2D eigenvalue weighted by atomic mass is 32.2. The van der Waals surface area contributed by atoms with Crippen molar-refractivity contribution in [3.05, 3.63) is 29.8 Å². The Morgan fingerprint density at radius 3 is 2.33 bits per heavy atom. The molecule has 9 heteroatoms. The summed E-state index contributed by atoms with van der Waals surface area (Å²) >= 11 is 0.963. The van der Waals surface area contributed by atoms with Gasteiger partial charge in [0.05, 0.1) is 10.1 Å². The standard InChI is InChI=1S/C15H19N3O4S2/c16-11-5-7-18(8-6-11)24(21,22)12-3-1-10(2-4-12)9-13-14(19)17-15(20)23-13/h1-4,11,13H,5-9,16H2,(H,17,19,20). The third-order valence-electron chi connectivity index (χ3n) is 4.25. The van der Waals surface area contributed by atoms with E-state index < -0.39 is 15.3 Å². The average molecular weight is 369 g/mol. The molecule has 7 nitrogen and oxygen atoms in total. The lowest BCUT2D eigenvalue weighted by molar-refractivity contribution is -0.118. The summed E-state index contributed by atoms with van der Waals surface area (Å²) in [4.78, 5) is 23.0. The highest BCUT2D eigenvalue weighted by Gasteiger charge is 2.32. The molecule has 1 unspecified atom stereocenters. The van der Waals surface area contributed by atoms with Gasteiger partial charge in [-0.25, -0.2) is 8.42 Å². The van der Waals surface area contributed by atoms with Crippen molar-refractivity contribution < 1.29 is 18.0 Å². The van der Waals surface area contributed by atoms with Crippen molar-refractivity contribution in [3.8, 4) is 0 Å². The fraction of sp³-hybridized carbons (Fsp3) is 0.467. The minimum Gasteiger partial charge on any atom is -0.328 e. The van der Waals surface area contributed by atoms with E-state index in [0.29, 0.717) is 32.4 Å². The number of sulfonamides is 1. The van der Waals surface area contributed by atoms with E-state index in [4.69, 9.17) is 5.73 Å². The van der Waals surface area contributed by atoms with Crippen LogP contribution in [0.5, 0.6) is 0 Å². The van der Waals surface area contributed by atoms with Crippen LogP contribution in [0, 0.1) is 0 Å². The largest absolute Gasteiger partial charge is 0.328 e. The van der Waals surface area contributed by atoms with Crippen molar-refractivity contribution in [1.82, 2.24) is 9.62 Å². The van der Waals surface area contributed by atoms with Crippen LogP contribution in [0.2, 0.25) is 0 Å². The third kappa shape index (κ3) is 3.64. The summed E-state index contributed by atoms with van der Waals surface area (Å²) in [6.07, 6.45) is 1.72. The lowest BCUT2D eigenvalue weighted by atomic mass is 10.1. The number of nitrogens with two attached hydrogens (primary N) is 1. The summed E-state index contributed by atoms with van der Waals surface area (Å²) in [6, 6.07) is 6.56. The molecule has 1 aromatic rings. The van der Waals surface area contributed by atoms with E-state index in [0.717, 1.165) is 17.3 Å². The van der Waals surface area contributed by atoms with E-state index in [1.807, 2.05) is 0 Å². The van der Waals surface area contributed by atoms with Crippen LogP contribution in [-0.4, -0.2) is 48.3 Å². The molecule has 2 aliphatic heterocycles. The molecule has 0 aromatic heterocycles. The summed E-state index contributed by atoms with van der Waals surface area (Å²) in [5.41, 5.74) is 6.63. The molecule has 1 aromatic carbocycles. The van der Waals surface area contributed by atoms with Gasteiger partial charge in [-0.1, -0.05) is 23.9 Å². The number of rotatable bonds is 4. The number of thioether (sulfide) groups is 1. The Balaban J connectivity index is 1.70. The fourth-order valence-electron chi connectivity index (χ4n) is 2.80. The van der Waals surface area contributed by atoms with Crippen molar-refractivity contribution in [2.75, 3.05) is 13.1 Å². The zero-order valence-electron chi connectivity index (χ0n) is 13.0. The maximum atomic E-state index is 12.6. The molecule has 1 atom stereocenters. The van der Waals surface area contributed by atoms with Crippen molar-refractivity contribution in [2.24, 2.45) is 5.73 Å². The van der Waals surface area contributed by atoms with Gasteiger partial charge < -0.3 is 5.73 Å². The molecule has 24 heavy (non-hydrogen) atoms. The van der Waals surface area contributed by atoms with Gasteiger partial charge >= 0.3 is 0 Å². The molecule has 3 rings (SSSR count). The second kappa shape index (κ2) is 6.83. The fourth-order valence-corrected chi connectivity index (χ4v) is 5.13. The number of amides is 2. The van der Waals surface area contributed by atoms with E-state index >= 15 is 0 Å². The lowest BCUT2D eigenvalue weighted by Gasteiger charge is -2.29. The van der Waals surface area contributed by atoms with Gasteiger partial charge in [-0.05, 0) is 37.0 Å². The van der Waals surface area contributed by atoms with Crippen LogP contribution in [0.25, 0.3) is 0 Å². The Morgan fingerprint density at radius 1 is 1.17 bits per heavy atom. The molecule has 3 N–H and O–H groups in total. The Labute approximate surface area is 145 Å². The van der Waals surface area contributed by atoms with Gasteiger partial charge in [-0.15, -0.1) is 0 Å². The van der Waals surface area contributed by atoms with Crippen LogP contribution >= 0.6 is 11.8 Å². The Morgan fingerprint density at radius 2 is 1.79 bits per heavy atom. The van der Waals surface area contributed by atoms with Crippen LogP contribution in [0.15, 0.2) is 29.2 Å². The van der Waals surface area contributed by atoms with E-state index in [1.54, 1.807) is 24.3 Å². The molecule has 2 aliphatic rings. The Kier molecular flexibility index (Phi) is 4.95. The van der Waals surface area contributed by atoms with Gasteiger partial charge in [0.25, 0.3) is 5.24 Å². The molecule has 0 aliphatic carbocycles. The SMILES string of the molecule is NC1CCN(S(=O)(=O)c2ccc(CC3SC(=O)NC3=O)cc2)CC1. The van der Waals surface area contributed by atoms with Crippen LogP contribution in [0.1, 0.15) is 18.4 Å². The van der Waals surface area contributed by atoms with Crippen LogP contribution in [0.4, 0.5) is 4.79 Å². The first-order chi connectivity index (χ1) is 11.4. The maximum absolute atomic E-state index is 12.6. The molecule has 2 amide bonds. The Bertz CT molecular complexity index is 740. The molecule has 0 radical (unpaired) electrons. The van der Waals surface area contributed by atoms with Gasteiger partial charge in [0.2, 0.25) is 15.9 Å². The van der Waals surface area contributed by atoms with E-state index in [-0.39, 0.29) is 22.1 Å². The molecule has 2 saturated heterocycles. The van der Waals surface area contributed by atoms with Crippen molar-refractivity contribution in [3.63, 3.8) is 0 Å². The maximum Gasteiger partial charge on any atom is 0.286 e. The zero-order chi connectivity index (χ0) is 17.3. The quantitative estimate of drug-likeness (QED) is 0.808. The monoisotopic (exact) mass is 369 g/mol. The van der Waals surface area contributed by atoms with Gasteiger partial charge in [0, 0.05) is 19.1 Å². The van der Waals surface area contributed by atoms with Crippen LogP contribution < -0.4 is 11.1 Å². The first-order valence-electron chi connectivity index (χ1n) is 7.72. The van der Waals surface area contributed by atoms with Gasteiger partial charge in [0.1, 0.15) is 0 Å². The number of hydrogen-bond donors (Lipinski definition) is 2. The summed E-state index contributed by atoms with van der Waals surface area (Å²) < 4.78 is 26.7. The highest BCUT2D eigenvalue weighted by Crippen LogP contribution is 2.25. The number of carbonyl (C=O) groups excluding carboxylic acids is 2. The lowest BCUT2D eigenvalue weighted by Crippen LogP contribution is -2.42. The highest BCUT2D eigenvalue weighted by molar-refractivity contribution is 8.15. The first kappa shape index (κ1) is 17.4. The number of carbonyl (C=O) groups is 2. The molecule has 0 spiro atoms. The molecule has 130 valence electrons. The summed E-state index contributed by atoms with van der Waals surface area (Å²) in [5.74, 6) is -0.300. The van der Waals surface area contributed by atoms with Gasteiger partial charge in [-0.2, -0.15) is 4.31 Å². The zero-order valence-corrected chi connectivity index (χ0v) is 14.6. The number of imide groups is 1. The molecule has 2 fully saturated rings. The summed E-state index contributed by atoms with van der Waals surface area (Å²) in [7, 11) is -3.51. The first-order valence-corrected chi connectivity index (χ1v) is 10.0. The number of hydrogen-bond acceptors (Lipinski definition) is 6. The van der Waals surface area contributed by atoms with Crippen molar-refractivity contribution >= 4 is 32.9 Å². The van der Waals surface area contributed by atoms with Crippen LogP contribution in [0.3, 0.4) is 0 Å². The van der Waals surface area contributed by atoms with E-state index in [9.17, 15) is 18.0 Å². The van der Waals surface area contributed by atoms with E-state index in [1.165, 1.54) is 4.31 Å². The molecular weight excluding hydrogens is 350 g/mol. The predicted octanol–water partition coefficient (Wildman–Crippen LogP) is 0.692. The van der Waals surface area contributed by atoms with Gasteiger partial charge in [-0.3, -0.25) is 14.9 Å². The van der Waals surface area contributed by atoms with E-state index in [2.05, 4.69) is 5.32 Å². The summed E-state index contributed by atoms with van der Waals surface area (Å²) in [6.45, 7) is 0.874. The normalized spacial score (nSPS) is 23.5. The molecular formula is C15H19N3O4S2. The van der Waals surface area contributed by atoms with Crippen molar-refractivity contribution in [1.29, 1.82) is 0 Å². The minimum absolute atomic E-state index is 0.0663. The van der Waals surface area contributed by atoms with Gasteiger partial charge in [0.15, 0.2) is 0 Å². The number of nitrogens with zero attached hydrogens (tertiary/aromatic N) is 1. The second-order valence-electron chi connectivity index (χ2n) is 5.97. The third-order valence-corrected chi connectivity index (χ3v) is 7.14. The molecule has 2 heterocycles.